The third-order valence-corrected chi connectivity index (χ3v) is 2.27. The Hall–Kier alpha value is 0.230. The predicted molar refractivity (Wildman–Crippen MR) is 48.7 cm³/mol. The van der Waals surface area contributed by atoms with E-state index < -0.39 is 0 Å². The van der Waals surface area contributed by atoms with Crippen molar-refractivity contribution in [1.29, 1.82) is 0 Å². The number of aliphatic hydroxyl groups excluding tert-OH is 1. The lowest BCUT2D eigenvalue weighted by molar-refractivity contribution is 0.0774. The molecule has 0 radical (unpaired) electrons. The largest absolute Gasteiger partial charge is 0.400 e. The van der Waals surface area contributed by atoms with Gasteiger partial charge in [-0.25, -0.2) is 4.31 Å². The van der Waals surface area contributed by atoms with Crippen LogP contribution in [0.5, 0.6) is 0 Å². The van der Waals surface area contributed by atoms with E-state index in [0.29, 0.717) is 0 Å². The molecule has 1 aliphatic rings. The van der Waals surface area contributed by atoms with Crippen LogP contribution in [-0.4, -0.2) is 48.6 Å². The van der Waals surface area contributed by atoms with Crippen molar-refractivity contribution in [2.24, 2.45) is 0 Å². The van der Waals surface area contributed by atoms with Crippen molar-refractivity contribution in [3.63, 3.8) is 0 Å². The molecule has 0 unspecified atom stereocenters. The molecule has 11 heavy (non-hydrogen) atoms. The Morgan fingerprint density at radius 1 is 1.36 bits per heavy atom. The van der Waals surface area contributed by atoms with Crippen LogP contribution in [0, 0.1) is 0 Å². The van der Waals surface area contributed by atoms with Gasteiger partial charge in [0.25, 0.3) is 0 Å². The Labute approximate surface area is 72.9 Å². The molecule has 1 N–H and O–H groups in total. The lowest BCUT2D eigenvalue weighted by Crippen LogP contribution is -2.31. The minimum absolute atomic E-state index is 0.910. The number of nitrogens with zero attached hydrogens (tertiary/aromatic N) is 1. The van der Waals surface area contributed by atoms with Gasteiger partial charge in [-0.1, -0.05) is 18.9 Å². The smallest absolute Gasteiger partial charge is 0.0603 e. The van der Waals surface area contributed by atoms with Gasteiger partial charge in [0.1, 0.15) is 0 Å². The van der Waals surface area contributed by atoms with Crippen molar-refractivity contribution in [1.82, 2.24) is 4.31 Å². The summed E-state index contributed by atoms with van der Waals surface area (Å²) in [7, 11) is 1.00. The zero-order valence-electron chi connectivity index (χ0n) is 7.25. The molecular weight excluding hydrogens is 162 g/mol. The first-order valence-corrected chi connectivity index (χ1v) is 4.78. The zero-order chi connectivity index (χ0) is 8.53. The molecule has 1 aliphatic heterocycles. The van der Waals surface area contributed by atoms with Gasteiger partial charge in [0.2, 0.25) is 0 Å². The molecule has 3 nitrogen and oxygen atoms in total. The minimum Gasteiger partial charge on any atom is -0.400 e. The van der Waals surface area contributed by atoms with E-state index in [-0.39, 0.29) is 0 Å². The van der Waals surface area contributed by atoms with E-state index in [2.05, 4.69) is 11.2 Å². The molecule has 0 aliphatic carbocycles. The maximum absolute atomic E-state index is 7.00. The Bertz CT molecular complexity index is 74.1. The second-order valence-corrected chi connectivity index (χ2v) is 3.31. The fraction of sp³-hybridized carbons (Fsp3) is 1.00. The van der Waals surface area contributed by atoms with Gasteiger partial charge in [-0.3, -0.25) is 0 Å². The highest BCUT2D eigenvalue weighted by atomic mass is 32.2. The molecular formula is C7H17NO2S. The molecule has 1 rings (SSSR count). The highest BCUT2D eigenvalue weighted by molar-refractivity contribution is 7.96. The van der Waals surface area contributed by atoms with Crippen LogP contribution >= 0.6 is 11.9 Å². The molecule has 1 saturated heterocycles. The van der Waals surface area contributed by atoms with Crippen molar-refractivity contribution in [3.05, 3.63) is 0 Å². The van der Waals surface area contributed by atoms with Crippen LogP contribution in [0.3, 0.4) is 0 Å². The quantitative estimate of drug-likeness (QED) is 0.629. The Morgan fingerprint density at radius 2 is 1.91 bits per heavy atom. The van der Waals surface area contributed by atoms with Crippen LogP contribution in [0.4, 0.5) is 0 Å². The molecule has 0 atom stereocenters. The van der Waals surface area contributed by atoms with Gasteiger partial charge in [-0.2, -0.15) is 0 Å². The normalized spacial score (nSPS) is 18.8. The monoisotopic (exact) mass is 179 g/mol. The molecule has 0 saturated carbocycles. The summed E-state index contributed by atoms with van der Waals surface area (Å²) < 4.78 is 7.56. The van der Waals surface area contributed by atoms with E-state index in [1.807, 2.05) is 11.9 Å². The van der Waals surface area contributed by atoms with E-state index in [1.54, 1.807) is 0 Å². The van der Waals surface area contributed by atoms with E-state index in [0.717, 1.165) is 33.4 Å². The number of hydrogen-bond acceptors (Lipinski definition) is 4. The summed E-state index contributed by atoms with van der Waals surface area (Å²) in [5.41, 5.74) is 0. The van der Waals surface area contributed by atoms with Gasteiger partial charge in [-0.15, -0.1) is 0 Å². The van der Waals surface area contributed by atoms with E-state index in [9.17, 15) is 0 Å². The second-order valence-electron chi connectivity index (χ2n) is 1.96. The van der Waals surface area contributed by atoms with E-state index in [1.165, 1.54) is 5.75 Å². The van der Waals surface area contributed by atoms with Crippen LogP contribution in [0.25, 0.3) is 0 Å². The van der Waals surface area contributed by atoms with Crippen molar-refractivity contribution < 1.29 is 9.84 Å². The topological polar surface area (TPSA) is 32.7 Å². The van der Waals surface area contributed by atoms with Gasteiger partial charge in [0.05, 0.1) is 13.2 Å². The summed E-state index contributed by atoms with van der Waals surface area (Å²) in [6.07, 6.45) is 0. The lowest BCUT2D eigenvalue weighted by atomic mass is 10.5. The van der Waals surface area contributed by atoms with E-state index >= 15 is 0 Å². The average molecular weight is 179 g/mol. The second kappa shape index (κ2) is 8.33. The van der Waals surface area contributed by atoms with Crippen molar-refractivity contribution in [3.8, 4) is 0 Å². The standard InChI is InChI=1S/C6H13NOS.CH4O/c1-2-9-7-3-5-8-6-4-7;1-2/h2-6H2,1H3;2H,1H3. The average Bonchev–Trinajstić information content (AvgIpc) is 2.11. The third-order valence-electron chi connectivity index (χ3n) is 1.28. The Morgan fingerprint density at radius 3 is 2.36 bits per heavy atom. The molecule has 4 heteroatoms. The molecule has 0 aromatic heterocycles. The molecule has 1 fully saturated rings. The van der Waals surface area contributed by atoms with Gasteiger partial charge in [-0.05, 0) is 0 Å². The fourth-order valence-electron chi connectivity index (χ4n) is 0.858. The van der Waals surface area contributed by atoms with Gasteiger partial charge >= 0.3 is 0 Å². The van der Waals surface area contributed by atoms with Gasteiger partial charge in [0, 0.05) is 26.0 Å². The lowest BCUT2D eigenvalue weighted by Gasteiger charge is -2.24. The number of aliphatic hydroxyl groups is 1. The number of morpholine rings is 1. The highest BCUT2D eigenvalue weighted by Crippen LogP contribution is 2.10. The van der Waals surface area contributed by atoms with Crippen molar-refractivity contribution in [2.45, 2.75) is 6.92 Å². The van der Waals surface area contributed by atoms with Gasteiger partial charge in [0.15, 0.2) is 0 Å². The fourth-order valence-corrected chi connectivity index (χ4v) is 1.63. The summed E-state index contributed by atoms with van der Waals surface area (Å²) in [6.45, 7) is 6.19. The summed E-state index contributed by atoms with van der Waals surface area (Å²) in [4.78, 5) is 0. The van der Waals surface area contributed by atoms with E-state index in [4.69, 9.17) is 9.84 Å². The predicted octanol–water partition coefficient (Wildman–Crippen LogP) is 0.595. The maximum Gasteiger partial charge on any atom is 0.0603 e. The number of rotatable bonds is 2. The van der Waals surface area contributed by atoms with Crippen LogP contribution in [0.2, 0.25) is 0 Å². The number of hydrogen-bond donors (Lipinski definition) is 1. The molecule has 0 aromatic rings. The van der Waals surface area contributed by atoms with Crippen LogP contribution in [0.1, 0.15) is 6.92 Å². The zero-order valence-corrected chi connectivity index (χ0v) is 8.06. The van der Waals surface area contributed by atoms with Crippen LogP contribution < -0.4 is 0 Å². The summed E-state index contributed by atoms with van der Waals surface area (Å²) in [6, 6.07) is 0. The minimum atomic E-state index is 0.910. The highest BCUT2D eigenvalue weighted by Gasteiger charge is 2.08. The molecule has 0 bridgehead atoms. The van der Waals surface area contributed by atoms with Crippen molar-refractivity contribution >= 4 is 11.9 Å². The molecule has 0 spiro atoms. The molecule has 0 amide bonds. The summed E-state index contributed by atoms with van der Waals surface area (Å²) in [5, 5.41) is 7.00. The SMILES string of the molecule is CCSN1CCOCC1.CO. The molecule has 0 aromatic carbocycles. The maximum atomic E-state index is 7.00. The Balaban J connectivity index is 0.000000461. The Kier molecular flexibility index (Phi) is 8.50. The first-order valence-electron chi connectivity index (χ1n) is 3.84. The van der Waals surface area contributed by atoms with Crippen molar-refractivity contribution in [2.75, 3.05) is 39.2 Å². The van der Waals surface area contributed by atoms with Gasteiger partial charge < -0.3 is 9.84 Å². The first kappa shape index (κ1) is 11.2. The first-order chi connectivity index (χ1) is 5.43. The van der Waals surface area contributed by atoms with Crippen LogP contribution in [0.15, 0.2) is 0 Å². The summed E-state index contributed by atoms with van der Waals surface area (Å²) >= 11 is 1.91. The number of ether oxygens (including phenoxy) is 1. The van der Waals surface area contributed by atoms with Crippen LogP contribution in [-0.2, 0) is 4.74 Å². The third kappa shape index (κ3) is 5.49. The molecule has 68 valence electrons. The summed E-state index contributed by atoms with van der Waals surface area (Å²) in [5.74, 6) is 1.18. The molecule has 1 heterocycles.